The van der Waals surface area contributed by atoms with E-state index in [1.54, 1.807) is 0 Å². The lowest BCUT2D eigenvalue weighted by Gasteiger charge is -2.36. The molecule has 0 spiro atoms. The molecule has 3 aromatic carbocycles. The summed E-state index contributed by atoms with van der Waals surface area (Å²) in [6.45, 7) is 2.25. The van der Waals surface area contributed by atoms with Crippen molar-refractivity contribution in [3.05, 3.63) is 84.3 Å². The maximum absolute atomic E-state index is 5.53. The molecule has 4 nitrogen and oxygen atoms in total. The average Bonchev–Trinajstić information content (AvgIpc) is 3.20. The first-order valence-corrected chi connectivity index (χ1v) is 9.90. The van der Waals surface area contributed by atoms with E-state index in [4.69, 9.17) is 4.52 Å². The van der Waals surface area contributed by atoms with E-state index >= 15 is 0 Å². The van der Waals surface area contributed by atoms with Crippen LogP contribution < -0.4 is 5.32 Å². The summed E-state index contributed by atoms with van der Waals surface area (Å²) in [7, 11) is 0. The lowest BCUT2D eigenvalue weighted by atomic mass is 9.79. The van der Waals surface area contributed by atoms with Gasteiger partial charge in [0.1, 0.15) is 0 Å². The molecule has 1 heterocycles. The largest absolute Gasteiger partial charge is 0.339 e. The predicted molar refractivity (Wildman–Crippen MR) is 111 cm³/mol. The molecule has 1 aliphatic carbocycles. The zero-order chi connectivity index (χ0) is 18.9. The minimum Gasteiger partial charge on any atom is -0.339 e. The van der Waals surface area contributed by atoms with E-state index < -0.39 is 0 Å². The van der Waals surface area contributed by atoms with Crippen LogP contribution in [0.4, 0.5) is 0 Å². The molecule has 4 aromatic rings. The number of nitrogens with one attached hydrogen (secondary N) is 1. The molecule has 0 aliphatic heterocycles. The fourth-order valence-corrected chi connectivity index (χ4v) is 4.13. The van der Waals surface area contributed by atoms with Crippen LogP contribution in [0.1, 0.15) is 43.2 Å². The molecule has 1 fully saturated rings. The van der Waals surface area contributed by atoms with Gasteiger partial charge < -0.3 is 9.84 Å². The van der Waals surface area contributed by atoms with Crippen molar-refractivity contribution in [1.29, 1.82) is 0 Å². The Kier molecular flexibility index (Phi) is 4.41. The highest BCUT2D eigenvalue weighted by Crippen LogP contribution is 2.38. The fourth-order valence-electron chi connectivity index (χ4n) is 4.13. The Morgan fingerprint density at radius 3 is 2.54 bits per heavy atom. The second kappa shape index (κ2) is 7.21. The first kappa shape index (κ1) is 17.1. The van der Waals surface area contributed by atoms with Gasteiger partial charge in [0.2, 0.25) is 11.7 Å². The van der Waals surface area contributed by atoms with Gasteiger partial charge >= 0.3 is 0 Å². The van der Waals surface area contributed by atoms with E-state index in [0.29, 0.717) is 23.8 Å². The fraction of sp³-hybridized carbons (Fsp3) is 0.250. The summed E-state index contributed by atoms with van der Waals surface area (Å²) in [4.78, 5) is 4.61. The van der Waals surface area contributed by atoms with Crippen LogP contribution in [0.3, 0.4) is 0 Å². The van der Waals surface area contributed by atoms with E-state index in [9.17, 15) is 0 Å². The van der Waals surface area contributed by atoms with Crippen molar-refractivity contribution in [2.45, 2.75) is 37.8 Å². The SMILES string of the molecule is CC(NC1CC(c2nc(-c3ccccc3)no2)C1)c1cccc2ccccc12. The minimum absolute atomic E-state index is 0.305. The molecule has 1 saturated carbocycles. The quantitative estimate of drug-likeness (QED) is 0.506. The van der Waals surface area contributed by atoms with Crippen molar-refractivity contribution >= 4 is 10.8 Å². The zero-order valence-corrected chi connectivity index (χ0v) is 15.9. The summed E-state index contributed by atoms with van der Waals surface area (Å²) in [6, 6.07) is 25.9. The third-order valence-corrected chi connectivity index (χ3v) is 5.74. The number of rotatable bonds is 5. The van der Waals surface area contributed by atoms with Crippen molar-refractivity contribution in [2.24, 2.45) is 0 Å². The van der Waals surface area contributed by atoms with Gasteiger partial charge in [0.25, 0.3) is 0 Å². The molecule has 1 aliphatic rings. The van der Waals surface area contributed by atoms with E-state index in [0.717, 1.165) is 24.3 Å². The molecule has 140 valence electrons. The van der Waals surface area contributed by atoms with Gasteiger partial charge in [0, 0.05) is 23.6 Å². The van der Waals surface area contributed by atoms with Crippen molar-refractivity contribution in [3.63, 3.8) is 0 Å². The smallest absolute Gasteiger partial charge is 0.230 e. The van der Waals surface area contributed by atoms with Gasteiger partial charge in [0.15, 0.2) is 0 Å². The van der Waals surface area contributed by atoms with Crippen LogP contribution in [0.5, 0.6) is 0 Å². The second-order valence-electron chi connectivity index (χ2n) is 7.64. The maximum atomic E-state index is 5.53. The Balaban J connectivity index is 1.23. The molecule has 28 heavy (non-hydrogen) atoms. The Hall–Kier alpha value is -2.98. The highest BCUT2D eigenvalue weighted by molar-refractivity contribution is 5.86. The van der Waals surface area contributed by atoms with Gasteiger partial charge in [-0.3, -0.25) is 0 Å². The van der Waals surface area contributed by atoms with Crippen LogP contribution in [-0.4, -0.2) is 16.2 Å². The zero-order valence-electron chi connectivity index (χ0n) is 15.9. The monoisotopic (exact) mass is 369 g/mol. The molecule has 1 aromatic heterocycles. The molecule has 1 N–H and O–H groups in total. The molecular weight excluding hydrogens is 346 g/mol. The number of aromatic nitrogens is 2. The lowest BCUT2D eigenvalue weighted by molar-refractivity contribution is 0.223. The van der Waals surface area contributed by atoms with Gasteiger partial charge in [-0.2, -0.15) is 4.98 Å². The molecule has 0 radical (unpaired) electrons. The molecule has 5 rings (SSSR count). The summed E-state index contributed by atoms with van der Waals surface area (Å²) < 4.78 is 5.53. The van der Waals surface area contributed by atoms with Gasteiger partial charge in [-0.15, -0.1) is 0 Å². The molecular formula is C24H23N3O. The molecule has 1 atom stereocenters. The number of hydrogen-bond donors (Lipinski definition) is 1. The topological polar surface area (TPSA) is 51.0 Å². The molecule has 0 saturated heterocycles. The van der Waals surface area contributed by atoms with Gasteiger partial charge in [0.05, 0.1) is 0 Å². The van der Waals surface area contributed by atoms with Gasteiger partial charge in [-0.25, -0.2) is 0 Å². The molecule has 4 heteroatoms. The van der Waals surface area contributed by atoms with E-state index in [1.807, 2.05) is 30.3 Å². The summed E-state index contributed by atoms with van der Waals surface area (Å²) in [5.74, 6) is 1.79. The predicted octanol–water partition coefficient (Wildman–Crippen LogP) is 5.49. The Morgan fingerprint density at radius 2 is 1.68 bits per heavy atom. The van der Waals surface area contributed by atoms with Gasteiger partial charge in [-0.1, -0.05) is 78.0 Å². The van der Waals surface area contributed by atoms with Gasteiger partial charge in [-0.05, 0) is 36.1 Å². The summed E-state index contributed by atoms with van der Waals surface area (Å²) >= 11 is 0. The number of hydrogen-bond acceptors (Lipinski definition) is 4. The first-order valence-electron chi connectivity index (χ1n) is 9.90. The third-order valence-electron chi connectivity index (χ3n) is 5.74. The van der Waals surface area contributed by atoms with Crippen molar-refractivity contribution < 1.29 is 4.52 Å². The molecule has 0 bridgehead atoms. The third kappa shape index (κ3) is 3.20. The average molecular weight is 369 g/mol. The van der Waals surface area contributed by atoms with Crippen LogP contribution in [0, 0.1) is 0 Å². The van der Waals surface area contributed by atoms with E-state index in [1.165, 1.54) is 16.3 Å². The van der Waals surface area contributed by atoms with Crippen LogP contribution in [-0.2, 0) is 0 Å². The maximum Gasteiger partial charge on any atom is 0.230 e. The first-order chi connectivity index (χ1) is 13.8. The highest BCUT2D eigenvalue weighted by Gasteiger charge is 2.35. The van der Waals surface area contributed by atoms with Crippen molar-refractivity contribution in [3.8, 4) is 11.4 Å². The van der Waals surface area contributed by atoms with Crippen LogP contribution in [0.15, 0.2) is 77.3 Å². The standard InChI is InChI=1S/C24H23N3O/c1-16(21-13-7-11-17-8-5-6-12-22(17)21)25-20-14-19(15-20)24-26-23(27-28-24)18-9-3-2-4-10-18/h2-13,16,19-20,25H,14-15H2,1H3. The Bertz CT molecular complexity index is 1080. The Morgan fingerprint density at radius 1 is 0.929 bits per heavy atom. The van der Waals surface area contributed by atoms with E-state index in [2.05, 4.69) is 64.8 Å². The molecule has 0 amide bonds. The molecule has 1 unspecified atom stereocenters. The van der Waals surface area contributed by atoms with Crippen LogP contribution in [0.2, 0.25) is 0 Å². The van der Waals surface area contributed by atoms with Crippen molar-refractivity contribution in [2.75, 3.05) is 0 Å². The minimum atomic E-state index is 0.305. The normalized spacial score (nSPS) is 20.0. The van der Waals surface area contributed by atoms with Crippen LogP contribution in [0.25, 0.3) is 22.2 Å². The highest BCUT2D eigenvalue weighted by atomic mass is 16.5. The number of nitrogens with zero attached hydrogens (tertiary/aromatic N) is 2. The number of benzene rings is 3. The van der Waals surface area contributed by atoms with Crippen LogP contribution >= 0.6 is 0 Å². The summed E-state index contributed by atoms with van der Waals surface area (Å²) in [5, 5.41) is 10.5. The van der Waals surface area contributed by atoms with E-state index in [-0.39, 0.29) is 0 Å². The summed E-state index contributed by atoms with van der Waals surface area (Å²) in [5.41, 5.74) is 2.35. The Labute approximate surface area is 164 Å². The lowest BCUT2D eigenvalue weighted by Crippen LogP contribution is -2.41. The number of fused-ring (bicyclic) bond motifs is 1. The van der Waals surface area contributed by atoms with Crippen molar-refractivity contribution in [1.82, 2.24) is 15.5 Å². The summed E-state index contributed by atoms with van der Waals surface area (Å²) in [6.07, 6.45) is 2.07. The second-order valence-corrected chi connectivity index (χ2v) is 7.64.